The molecule has 5 heteroatoms. The Kier molecular flexibility index (Phi) is 3.61. The van der Waals surface area contributed by atoms with E-state index in [1.54, 1.807) is 0 Å². The van der Waals surface area contributed by atoms with Crippen LogP contribution in [0.15, 0.2) is 42.5 Å². The summed E-state index contributed by atoms with van der Waals surface area (Å²) in [6.45, 7) is 4.09. The second kappa shape index (κ2) is 5.91. The van der Waals surface area contributed by atoms with Crippen molar-refractivity contribution in [1.82, 2.24) is 15.0 Å². The molecule has 3 heterocycles. The SMILES string of the molecule is Cc1cccc(N2CCC(Nc3nc4ccccc4[nH]3)CC2)n1. The van der Waals surface area contributed by atoms with E-state index < -0.39 is 0 Å². The van der Waals surface area contributed by atoms with E-state index >= 15 is 0 Å². The van der Waals surface area contributed by atoms with Gasteiger partial charge < -0.3 is 15.2 Å². The lowest BCUT2D eigenvalue weighted by molar-refractivity contribution is 0.521. The Morgan fingerprint density at radius 2 is 1.87 bits per heavy atom. The Balaban J connectivity index is 1.39. The Morgan fingerprint density at radius 1 is 1.04 bits per heavy atom. The minimum atomic E-state index is 0.455. The molecule has 0 radical (unpaired) electrons. The van der Waals surface area contributed by atoms with Gasteiger partial charge in [-0.3, -0.25) is 0 Å². The van der Waals surface area contributed by atoms with Gasteiger partial charge >= 0.3 is 0 Å². The fourth-order valence-electron chi connectivity index (χ4n) is 3.17. The second-order valence-electron chi connectivity index (χ2n) is 6.15. The van der Waals surface area contributed by atoms with Gasteiger partial charge in [0.2, 0.25) is 5.95 Å². The van der Waals surface area contributed by atoms with Gasteiger partial charge in [-0.25, -0.2) is 9.97 Å². The maximum Gasteiger partial charge on any atom is 0.201 e. The van der Waals surface area contributed by atoms with Crippen molar-refractivity contribution in [3.8, 4) is 0 Å². The smallest absolute Gasteiger partial charge is 0.201 e. The highest BCUT2D eigenvalue weighted by atomic mass is 15.2. The summed E-state index contributed by atoms with van der Waals surface area (Å²) in [5.74, 6) is 1.96. The summed E-state index contributed by atoms with van der Waals surface area (Å²) in [5.41, 5.74) is 3.16. The standard InChI is InChI=1S/C18H21N5/c1-13-5-4-8-17(19-13)23-11-9-14(10-12-23)20-18-21-15-6-2-3-7-16(15)22-18/h2-8,14H,9-12H2,1H3,(H2,20,21,22). The van der Waals surface area contributed by atoms with Crippen molar-refractivity contribution in [1.29, 1.82) is 0 Å². The van der Waals surface area contributed by atoms with Gasteiger partial charge in [-0.1, -0.05) is 18.2 Å². The molecule has 0 unspecified atom stereocenters. The van der Waals surface area contributed by atoms with Crippen LogP contribution in [0.2, 0.25) is 0 Å². The van der Waals surface area contributed by atoms with Gasteiger partial charge in [-0.05, 0) is 44.0 Å². The summed E-state index contributed by atoms with van der Waals surface area (Å²) < 4.78 is 0. The number of aromatic nitrogens is 3. The topological polar surface area (TPSA) is 56.8 Å². The van der Waals surface area contributed by atoms with E-state index in [1.165, 1.54) is 0 Å². The molecule has 118 valence electrons. The number of nitrogens with one attached hydrogen (secondary N) is 2. The predicted molar refractivity (Wildman–Crippen MR) is 93.9 cm³/mol. The fourth-order valence-corrected chi connectivity index (χ4v) is 3.17. The molecule has 1 fully saturated rings. The summed E-state index contributed by atoms with van der Waals surface area (Å²) in [5, 5.41) is 3.54. The summed E-state index contributed by atoms with van der Waals surface area (Å²) in [6, 6.07) is 14.8. The van der Waals surface area contributed by atoms with Crippen LogP contribution in [0.3, 0.4) is 0 Å². The van der Waals surface area contributed by atoms with Gasteiger partial charge in [0.25, 0.3) is 0 Å². The van der Waals surface area contributed by atoms with Crippen molar-refractivity contribution in [3.63, 3.8) is 0 Å². The third kappa shape index (κ3) is 2.99. The van der Waals surface area contributed by atoms with E-state index in [2.05, 4.69) is 43.4 Å². The number of aryl methyl sites for hydroxylation is 1. The minimum Gasteiger partial charge on any atom is -0.356 e. The molecule has 1 aliphatic heterocycles. The molecular weight excluding hydrogens is 286 g/mol. The molecule has 0 spiro atoms. The highest BCUT2D eigenvalue weighted by molar-refractivity contribution is 5.77. The fraction of sp³-hybridized carbons (Fsp3) is 0.333. The van der Waals surface area contributed by atoms with Crippen molar-refractivity contribution >= 4 is 22.8 Å². The first-order chi connectivity index (χ1) is 11.3. The van der Waals surface area contributed by atoms with E-state index in [1.807, 2.05) is 31.2 Å². The number of anilines is 2. The summed E-state index contributed by atoms with van der Waals surface area (Å²) in [6.07, 6.45) is 2.18. The number of nitrogens with zero attached hydrogens (tertiary/aromatic N) is 3. The molecule has 0 atom stereocenters. The monoisotopic (exact) mass is 307 g/mol. The van der Waals surface area contributed by atoms with E-state index in [9.17, 15) is 0 Å². The van der Waals surface area contributed by atoms with Gasteiger partial charge in [0, 0.05) is 24.8 Å². The number of aromatic amines is 1. The van der Waals surface area contributed by atoms with Crippen molar-refractivity contribution in [2.24, 2.45) is 0 Å². The summed E-state index contributed by atoms with van der Waals surface area (Å²) in [7, 11) is 0. The third-order valence-corrected chi connectivity index (χ3v) is 4.42. The number of hydrogen-bond acceptors (Lipinski definition) is 4. The molecule has 23 heavy (non-hydrogen) atoms. The van der Waals surface area contributed by atoms with Crippen LogP contribution < -0.4 is 10.2 Å². The van der Waals surface area contributed by atoms with Gasteiger partial charge in [0.1, 0.15) is 5.82 Å². The Hall–Kier alpha value is -2.56. The van der Waals surface area contributed by atoms with E-state index in [0.717, 1.165) is 54.4 Å². The van der Waals surface area contributed by atoms with Gasteiger partial charge in [0.15, 0.2) is 0 Å². The Labute approximate surface area is 135 Å². The predicted octanol–water partition coefficient (Wildman–Crippen LogP) is 3.35. The van der Waals surface area contributed by atoms with Crippen molar-refractivity contribution < 1.29 is 0 Å². The normalized spacial score (nSPS) is 16.0. The molecule has 0 bridgehead atoms. The molecule has 2 N–H and O–H groups in total. The first kappa shape index (κ1) is 14.1. The van der Waals surface area contributed by atoms with Crippen molar-refractivity contribution in [3.05, 3.63) is 48.2 Å². The molecule has 5 nitrogen and oxygen atoms in total. The zero-order valence-corrected chi connectivity index (χ0v) is 13.3. The third-order valence-electron chi connectivity index (χ3n) is 4.42. The number of benzene rings is 1. The number of piperidine rings is 1. The molecule has 4 rings (SSSR count). The largest absolute Gasteiger partial charge is 0.356 e. The number of para-hydroxylation sites is 2. The second-order valence-corrected chi connectivity index (χ2v) is 6.15. The molecule has 0 saturated carbocycles. The number of hydrogen-bond donors (Lipinski definition) is 2. The first-order valence-corrected chi connectivity index (χ1v) is 8.18. The van der Waals surface area contributed by atoms with E-state index in [0.29, 0.717) is 6.04 Å². The quantitative estimate of drug-likeness (QED) is 0.779. The van der Waals surface area contributed by atoms with Crippen LogP contribution in [0.1, 0.15) is 18.5 Å². The van der Waals surface area contributed by atoms with Crippen molar-refractivity contribution in [2.45, 2.75) is 25.8 Å². The van der Waals surface area contributed by atoms with Crippen LogP contribution in [0.25, 0.3) is 11.0 Å². The van der Waals surface area contributed by atoms with Crippen LogP contribution in [-0.2, 0) is 0 Å². The van der Waals surface area contributed by atoms with E-state index in [-0.39, 0.29) is 0 Å². The molecular formula is C18H21N5. The number of pyridine rings is 1. The zero-order valence-electron chi connectivity index (χ0n) is 13.3. The average Bonchev–Trinajstić information content (AvgIpc) is 2.98. The molecule has 0 aliphatic carbocycles. The Bertz CT molecular complexity index is 769. The molecule has 2 aromatic heterocycles. The summed E-state index contributed by atoms with van der Waals surface area (Å²) >= 11 is 0. The van der Waals surface area contributed by atoms with E-state index in [4.69, 9.17) is 0 Å². The van der Waals surface area contributed by atoms with Crippen LogP contribution in [0.4, 0.5) is 11.8 Å². The van der Waals surface area contributed by atoms with Gasteiger partial charge in [-0.15, -0.1) is 0 Å². The number of H-pyrrole nitrogens is 1. The molecule has 1 aromatic carbocycles. The van der Waals surface area contributed by atoms with Crippen LogP contribution >= 0.6 is 0 Å². The summed E-state index contributed by atoms with van der Waals surface area (Å²) in [4.78, 5) is 14.9. The lowest BCUT2D eigenvalue weighted by Crippen LogP contribution is -2.39. The molecule has 0 amide bonds. The lowest BCUT2D eigenvalue weighted by Gasteiger charge is -2.33. The lowest BCUT2D eigenvalue weighted by atomic mass is 10.1. The van der Waals surface area contributed by atoms with Gasteiger partial charge in [0.05, 0.1) is 11.0 Å². The number of imidazole rings is 1. The zero-order chi connectivity index (χ0) is 15.6. The maximum atomic E-state index is 4.62. The Morgan fingerprint density at radius 3 is 2.65 bits per heavy atom. The van der Waals surface area contributed by atoms with Crippen LogP contribution in [-0.4, -0.2) is 34.1 Å². The molecule has 3 aromatic rings. The highest BCUT2D eigenvalue weighted by Crippen LogP contribution is 2.21. The van der Waals surface area contributed by atoms with Crippen molar-refractivity contribution in [2.75, 3.05) is 23.3 Å². The maximum absolute atomic E-state index is 4.62. The van der Waals surface area contributed by atoms with Gasteiger partial charge in [-0.2, -0.15) is 0 Å². The molecule has 1 saturated heterocycles. The molecule has 1 aliphatic rings. The first-order valence-electron chi connectivity index (χ1n) is 8.18. The number of fused-ring (bicyclic) bond motifs is 1. The average molecular weight is 307 g/mol. The highest BCUT2D eigenvalue weighted by Gasteiger charge is 2.20. The van der Waals surface area contributed by atoms with Crippen LogP contribution in [0, 0.1) is 6.92 Å². The minimum absolute atomic E-state index is 0.455. The number of rotatable bonds is 3. The van der Waals surface area contributed by atoms with Crippen LogP contribution in [0.5, 0.6) is 0 Å².